The molecule has 7 heteroatoms. The lowest BCUT2D eigenvalue weighted by Crippen LogP contribution is -2.37. The third-order valence-corrected chi connectivity index (χ3v) is 3.34. The number of rotatable bonds is 4. The molecule has 0 aromatic heterocycles. The fraction of sp³-hybridized carbons (Fsp3) is 0.429. The standard InChI is InChI=1S/C14H18N2O5/c15-14(20)9-6-8(3-4-10(9)17)16-13(19)7-12-11(18)2-1-5-21-12/h3-4,6,11-12,17-18H,1-2,5,7H2,(H2,15,20)(H,16,19)/t11-,12-/m0/s1. The summed E-state index contributed by atoms with van der Waals surface area (Å²) in [5.41, 5.74) is 5.39. The summed E-state index contributed by atoms with van der Waals surface area (Å²) in [5, 5.41) is 21.8. The molecule has 1 fully saturated rings. The van der Waals surface area contributed by atoms with E-state index in [1.807, 2.05) is 0 Å². The molecular weight excluding hydrogens is 276 g/mol. The summed E-state index contributed by atoms with van der Waals surface area (Å²) in [6.45, 7) is 0.528. The van der Waals surface area contributed by atoms with Crippen molar-refractivity contribution in [1.29, 1.82) is 0 Å². The highest BCUT2D eigenvalue weighted by Crippen LogP contribution is 2.22. The molecule has 2 amide bonds. The zero-order valence-corrected chi connectivity index (χ0v) is 11.4. The average Bonchev–Trinajstić information content (AvgIpc) is 2.43. The van der Waals surface area contributed by atoms with Crippen molar-refractivity contribution in [3.8, 4) is 5.75 Å². The summed E-state index contributed by atoms with van der Waals surface area (Å²) in [6.07, 6.45) is 0.243. The highest BCUT2D eigenvalue weighted by Gasteiger charge is 2.26. The number of amides is 2. The van der Waals surface area contributed by atoms with Crippen LogP contribution in [0.2, 0.25) is 0 Å². The first-order chi connectivity index (χ1) is 9.97. The third kappa shape index (κ3) is 3.93. The van der Waals surface area contributed by atoms with Gasteiger partial charge in [0.25, 0.3) is 5.91 Å². The predicted octanol–water partition coefficient (Wildman–Crippen LogP) is 0.360. The summed E-state index contributed by atoms with van der Waals surface area (Å²) < 4.78 is 5.35. The molecule has 2 atom stereocenters. The Labute approximate surface area is 121 Å². The number of anilines is 1. The Bertz CT molecular complexity index is 546. The van der Waals surface area contributed by atoms with Gasteiger partial charge >= 0.3 is 0 Å². The number of hydrogen-bond donors (Lipinski definition) is 4. The molecule has 1 aromatic rings. The molecule has 7 nitrogen and oxygen atoms in total. The zero-order valence-electron chi connectivity index (χ0n) is 11.4. The van der Waals surface area contributed by atoms with E-state index in [-0.39, 0.29) is 23.6 Å². The molecule has 1 aliphatic heterocycles. The van der Waals surface area contributed by atoms with Crippen molar-refractivity contribution in [1.82, 2.24) is 0 Å². The number of benzene rings is 1. The van der Waals surface area contributed by atoms with Gasteiger partial charge in [0, 0.05) is 12.3 Å². The Morgan fingerprint density at radius 1 is 1.43 bits per heavy atom. The first-order valence-electron chi connectivity index (χ1n) is 6.69. The number of carbonyl (C=O) groups excluding carboxylic acids is 2. The lowest BCUT2D eigenvalue weighted by atomic mass is 10.0. The molecule has 1 aliphatic rings. The maximum absolute atomic E-state index is 11.9. The Morgan fingerprint density at radius 3 is 2.86 bits per heavy atom. The van der Waals surface area contributed by atoms with Crippen LogP contribution in [0.15, 0.2) is 18.2 Å². The van der Waals surface area contributed by atoms with E-state index in [1.165, 1.54) is 18.2 Å². The second-order valence-corrected chi connectivity index (χ2v) is 4.97. The minimum Gasteiger partial charge on any atom is -0.507 e. The molecule has 0 bridgehead atoms. The lowest BCUT2D eigenvalue weighted by molar-refractivity contribution is -0.125. The van der Waals surface area contributed by atoms with Crippen LogP contribution in [0.3, 0.4) is 0 Å². The first-order valence-corrected chi connectivity index (χ1v) is 6.69. The van der Waals surface area contributed by atoms with E-state index in [0.29, 0.717) is 18.7 Å². The highest BCUT2D eigenvalue weighted by molar-refractivity contribution is 5.98. The fourth-order valence-electron chi connectivity index (χ4n) is 2.23. The Hall–Kier alpha value is -2.12. The maximum atomic E-state index is 11.9. The van der Waals surface area contributed by atoms with Crippen LogP contribution in [-0.2, 0) is 9.53 Å². The number of hydrogen-bond acceptors (Lipinski definition) is 5. The van der Waals surface area contributed by atoms with E-state index in [4.69, 9.17) is 10.5 Å². The number of nitrogens with one attached hydrogen (secondary N) is 1. The Balaban J connectivity index is 1.99. The van der Waals surface area contributed by atoms with E-state index in [0.717, 1.165) is 6.42 Å². The van der Waals surface area contributed by atoms with Crippen molar-refractivity contribution < 1.29 is 24.5 Å². The second kappa shape index (κ2) is 6.55. The molecule has 1 saturated heterocycles. The number of aliphatic hydroxyl groups is 1. The van der Waals surface area contributed by atoms with Gasteiger partial charge in [-0.25, -0.2) is 0 Å². The average molecular weight is 294 g/mol. The largest absolute Gasteiger partial charge is 0.507 e. The monoisotopic (exact) mass is 294 g/mol. The van der Waals surface area contributed by atoms with E-state index in [2.05, 4.69) is 5.32 Å². The van der Waals surface area contributed by atoms with Gasteiger partial charge in [-0.05, 0) is 31.0 Å². The van der Waals surface area contributed by atoms with Gasteiger partial charge < -0.3 is 26.0 Å². The van der Waals surface area contributed by atoms with Crippen molar-refractivity contribution >= 4 is 17.5 Å². The number of nitrogens with two attached hydrogens (primary N) is 1. The normalized spacial score (nSPS) is 21.8. The molecule has 21 heavy (non-hydrogen) atoms. The number of primary amides is 1. The number of aliphatic hydroxyl groups excluding tert-OH is 1. The van der Waals surface area contributed by atoms with Crippen molar-refractivity contribution in [2.24, 2.45) is 5.73 Å². The summed E-state index contributed by atoms with van der Waals surface area (Å²) in [7, 11) is 0. The quantitative estimate of drug-likeness (QED) is 0.597. The molecule has 0 saturated carbocycles. The van der Waals surface area contributed by atoms with Crippen LogP contribution in [-0.4, -0.2) is 40.8 Å². The number of aromatic hydroxyl groups is 1. The fourth-order valence-corrected chi connectivity index (χ4v) is 2.23. The smallest absolute Gasteiger partial charge is 0.252 e. The van der Waals surface area contributed by atoms with Crippen LogP contribution in [0.25, 0.3) is 0 Å². The van der Waals surface area contributed by atoms with Crippen molar-refractivity contribution in [2.75, 3.05) is 11.9 Å². The van der Waals surface area contributed by atoms with Gasteiger partial charge in [0.2, 0.25) is 5.91 Å². The van der Waals surface area contributed by atoms with Crippen LogP contribution < -0.4 is 11.1 Å². The topological polar surface area (TPSA) is 122 Å². The molecule has 0 aliphatic carbocycles. The second-order valence-electron chi connectivity index (χ2n) is 4.97. The van der Waals surface area contributed by atoms with Gasteiger partial charge in [-0.3, -0.25) is 9.59 Å². The number of carbonyl (C=O) groups is 2. The van der Waals surface area contributed by atoms with Crippen molar-refractivity contribution in [3.63, 3.8) is 0 Å². The minimum atomic E-state index is -0.783. The summed E-state index contributed by atoms with van der Waals surface area (Å²) in [4.78, 5) is 23.0. The van der Waals surface area contributed by atoms with Gasteiger partial charge in [0.15, 0.2) is 0 Å². The Morgan fingerprint density at radius 2 is 2.19 bits per heavy atom. The van der Waals surface area contributed by atoms with Crippen LogP contribution >= 0.6 is 0 Å². The van der Waals surface area contributed by atoms with E-state index in [9.17, 15) is 19.8 Å². The van der Waals surface area contributed by atoms with E-state index in [1.54, 1.807) is 0 Å². The molecule has 0 spiro atoms. The molecular formula is C14H18N2O5. The summed E-state index contributed by atoms with van der Waals surface area (Å²) in [6, 6.07) is 4.03. The minimum absolute atomic E-state index is 0.0218. The predicted molar refractivity (Wildman–Crippen MR) is 74.9 cm³/mol. The first kappa shape index (κ1) is 15.3. The lowest BCUT2D eigenvalue weighted by Gasteiger charge is -2.27. The van der Waals surface area contributed by atoms with E-state index >= 15 is 0 Å². The molecule has 0 unspecified atom stereocenters. The Kier molecular flexibility index (Phi) is 4.77. The zero-order chi connectivity index (χ0) is 15.4. The molecule has 114 valence electrons. The van der Waals surface area contributed by atoms with E-state index < -0.39 is 18.1 Å². The van der Waals surface area contributed by atoms with Gasteiger partial charge in [-0.1, -0.05) is 0 Å². The van der Waals surface area contributed by atoms with Crippen LogP contribution in [0.4, 0.5) is 5.69 Å². The van der Waals surface area contributed by atoms with Gasteiger partial charge in [-0.2, -0.15) is 0 Å². The van der Waals surface area contributed by atoms with Crippen LogP contribution in [0, 0.1) is 0 Å². The van der Waals surface area contributed by atoms with Gasteiger partial charge in [0.1, 0.15) is 5.75 Å². The van der Waals surface area contributed by atoms with Gasteiger partial charge in [0.05, 0.1) is 24.2 Å². The van der Waals surface area contributed by atoms with Gasteiger partial charge in [-0.15, -0.1) is 0 Å². The van der Waals surface area contributed by atoms with Crippen LogP contribution in [0.1, 0.15) is 29.6 Å². The molecule has 1 heterocycles. The summed E-state index contributed by atoms with van der Waals surface area (Å²) >= 11 is 0. The molecule has 1 aromatic carbocycles. The molecule has 5 N–H and O–H groups in total. The molecule has 0 radical (unpaired) electrons. The highest BCUT2D eigenvalue weighted by atomic mass is 16.5. The van der Waals surface area contributed by atoms with Crippen LogP contribution in [0.5, 0.6) is 5.75 Å². The van der Waals surface area contributed by atoms with Crippen molar-refractivity contribution in [2.45, 2.75) is 31.5 Å². The SMILES string of the molecule is NC(=O)c1cc(NC(=O)C[C@@H]2OCCC[C@@H]2O)ccc1O. The number of ether oxygens (including phenoxy) is 1. The third-order valence-electron chi connectivity index (χ3n) is 3.34. The number of phenols is 1. The molecule has 2 rings (SSSR count). The van der Waals surface area contributed by atoms with Crippen molar-refractivity contribution in [3.05, 3.63) is 23.8 Å². The maximum Gasteiger partial charge on any atom is 0.252 e. The summed E-state index contributed by atoms with van der Waals surface area (Å²) in [5.74, 6) is -1.37.